The lowest BCUT2D eigenvalue weighted by molar-refractivity contribution is -0.124. The first-order valence-corrected chi connectivity index (χ1v) is 13.1. The monoisotopic (exact) mass is 447 g/mol. The Labute approximate surface area is 189 Å². The molecule has 3 saturated carbocycles. The molecule has 0 radical (unpaired) electrons. The summed E-state index contributed by atoms with van der Waals surface area (Å²) in [6.07, 6.45) is 12.3. The Kier molecular flexibility index (Phi) is 7.37. The van der Waals surface area contributed by atoms with Gasteiger partial charge in [-0.15, -0.1) is 11.3 Å². The molecule has 3 fully saturated rings. The topological polar surface area (TPSA) is 77.8 Å². The summed E-state index contributed by atoms with van der Waals surface area (Å²) in [5, 5.41) is 20.0. The molecule has 0 saturated heterocycles. The van der Waals surface area contributed by atoms with Gasteiger partial charge in [-0.1, -0.05) is 26.2 Å². The van der Waals surface area contributed by atoms with Crippen LogP contribution >= 0.6 is 11.3 Å². The summed E-state index contributed by atoms with van der Waals surface area (Å²) in [6, 6.07) is 2.03. The summed E-state index contributed by atoms with van der Waals surface area (Å²) < 4.78 is 0. The Morgan fingerprint density at radius 2 is 1.58 bits per heavy atom. The molecule has 1 aromatic heterocycles. The molecule has 0 bridgehead atoms. The minimum Gasteiger partial charge on any atom is -0.477 e. The molecule has 2 N–H and O–H groups in total. The highest BCUT2D eigenvalue weighted by molar-refractivity contribution is 7.14. The van der Waals surface area contributed by atoms with E-state index in [1.807, 2.05) is 11.0 Å². The summed E-state index contributed by atoms with van der Waals surface area (Å²) >= 11 is 1.39. The van der Waals surface area contributed by atoms with E-state index in [1.54, 1.807) is 0 Å². The van der Waals surface area contributed by atoms with Gasteiger partial charge in [-0.3, -0.25) is 4.79 Å². The summed E-state index contributed by atoms with van der Waals surface area (Å²) in [6.45, 7) is 2.25. The number of carboxylic acid groups (broad SMARTS) is 1. The van der Waals surface area contributed by atoms with Crippen LogP contribution in [0.25, 0.3) is 0 Å². The zero-order valence-electron chi connectivity index (χ0n) is 18.7. The Morgan fingerprint density at radius 3 is 2.19 bits per heavy atom. The SMILES string of the molecule is C[C@H]1CC[C@H](C(=O)N(c2cc(C3CCCCC3)sc2C(=O)O)[C@H]2CC[C@H](O)CC2)CC1. The Hall–Kier alpha value is -1.40. The molecule has 0 spiro atoms. The van der Waals surface area contributed by atoms with Crippen molar-refractivity contribution < 1.29 is 19.8 Å². The summed E-state index contributed by atoms with van der Waals surface area (Å²) in [5.41, 5.74) is 0.628. The molecular formula is C25H37NO4S. The summed E-state index contributed by atoms with van der Waals surface area (Å²) in [5.74, 6) is 0.265. The van der Waals surface area contributed by atoms with Gasteiger partial charge < -0.3 is 15.1 Å². The van der Waals surface area contributed by atoms with Crippen molar-refractivity contribution in [2.75, 3.05) is 4.90 Å². The predicted molar refractivity (Wildman–Crippen MR) is 124 cm³/mol. The van der Waals surface area contributed by atoms with Gasteiger partial charge in [-0.25, -0.2) is 4.79 Å². The second-order valence-corrected chi connectivity index (χ2v) is 11.2. The van der Waals surface area contributed by atoms with E-state index < -0.39 is 5.97 Å². The quantitative estimate of drug-likeness (QED) is 0.584. The largest absolute Gasteiger partial charge is 0.477 e. The van der Waals surface area contributed by atoms with Crippen LogP contribution in [-0.2, 0) is 4.79 Å². The highest BCUT2D eigenvalue weighted by Gasteiger charge is 2.37. The van der Waals surface area contributed by atoms with Crippen molar-refractivity contribution in [2.24, 2.45) is 11.8 Å². The molecule has 6 heteroatoms. The van der Waals surface area contributed by atoms with E-state index >= 15 is 0 Å². The van der Waals surface area contributed by atoms with E-state index in [9.17, 15) is 19.8 Å². The maximum Gasteiger partial charge on any atom is 0.348 e. The van der Waals surface area contributed by atoms with Crippen LogP contribution in [0, 0.1) is 11.8 Å². The van der Waals surface area contributed by atoms with E-state index in [1.165, 1.54) is 30.6 Å². The number of nitrogens with zero attached hydrogens (tertiary/aromatic N) is 1. The number of amides is 1. The van der Waals surface area contributed by atoms with Crippen LogP contribution in [0.4, 0.5) is 5.69 Å². The second-order valence-electron chi connectivity index (χ2n) is 10.1. The van der Waals surface area contributed by atoms with E-state index in [0.717, 1.165) is 56.2 Å². The number of aromatic carboxylic acids is 1. The van der Waals surface area contributed by atoms with Gasteiger partial charge in [0, 0.05) is 16.8 Å². The number of aliphatic hydroxyl groups is 1. The van der Waals surface area contributed by atoms with Crippen molar-refractivity contribution in [3.8, 4) is 0 Å². The van der Waals surface area contributed by atoms with Gasteiger partial charge in [0.25, 0.3) is 0 Å². The first kappa shape index (κ1) is 22.8. The molecule has 0 aliphatic heterocycles. The van der Waals surface area contributed by atoms with Crippen LogP contribution in [0.3, 0.4) is 0 Å². The number of carbonyl (C=O) groups excluding carboxylic acids is 1. The molecule has 1 amide bonds. The Bertz CT molecular complexity index is 768. The second kappa shape index (κ2) is 10.0. The van der Waals surface area contributed by atoms with Gasteiger partial charge in [-0.05, 0) is 82.1 Å². The normalized spacial score (nSPS) is 30.1. The van der Waals surface area contributed by atoms with Crippen molar-refractivity contribution in [3.63, 3.8) is 0 Å². The third-order valence-corrected chi connectivity index (χ3v) is 9.10. The fraction of sp³-hybridized carbons (Fsp3) is 0.760. The highest BCUT2D eigenvalue weighted by atomic mass is 32.1. The van der Waals surface area contributed by atoms with Gasteiger partial charge in [0.2, 0.25) is 5.91 Å². The number of carbonyl (C=O) groups is 2. The van der Waals surface area contributed by atoms with Crippen LogP contribution in [0.5, 0.6) is 0 Å². The zero-order chi connectivity index (χ0) is 22.0. The minimum atomic E-state index is -0.923. The standard InChI is InChI=1S/C25H37NO4S/c1-16-7-9-18(10-8-16)24(28)26(19-11-13-20(27)14-12-19)21-15-22(31-23(21)25(29)30)17-5-3-2-4-6-17/h15-20,27H,2-14H2,1H3,(H,29,30)/t16-,18-,19-,20-. The van der Waals surface area contributed by atoms with Crippen LogP contribution < -0.4 is 4.90 Å². The maximum absolute atomic E-state index is 13.8. The number of carboxylic acids is 1. The number of hydrogen-bond acceptors (Lipinski definition) is 4. The number of rotatable bonds is 5. The fourth-order valence-electron chi connectivity index (χ4n) is 5.84. The highest BCUT2D eigenvalue weighted by Crippen LogP contribution is 2.43. The lowest BCUT2D eigenvalue weighted by Crippen LogP contribution is -2.47. The molecule has 172 valence electrons. The van der Waals surface area contributed by atoms with E-state index in [2.05, 4.69) is 6.92 Å². The molecule has 0 unspecified atom stereocenters. The molecule has 3 aliphatic rings. The van der Waals surface area contributed by atoms with Crippen molar-refractivity contribution in [1.29, 1.82) is 0 Å². The number of thiophene rings is 1. The van der Waals surface area contributed by atoms with Crippen molar-refractivity contribution in [1.82, 2.24) is 0 Å². The lowest BCUT2D eigenvalue weighted by Gasteiger charge is -2.38. The average Bonchev–Trinajstić information content (AvgIpc) is 3.22. The Morgan fingerprint density at radius 1 is 0.935 bits per heavy atom. The lowest BCUT2D eigenvalue weighted by atomic mass is 9.81. The zero-order valence-corrected chi connectivity index (χ0v) is 19.5. The van der Waals surface area contributed by atoms with Gasteiger partial charge >= 0.3 is 5.97 Å². The maximum atomic E-state index is 13.8. The molecule has 3 aliphatic carbocycles. The number of anilines is 1. The van der Waals surface area contributed by atoms with Gasteiger partial charge in [-0.2, -0.15) is 0 Å². The van der Waals surface area contributed by atoms with Crippen LogP contribution in [0.15, 0.2) is 6.07 Å². The number of hydrogen-bond donors (Lipinski definition) is 2. The third-order valence-electron chi connectivity index (χ3n) is 7.83. The van der Waals surface area contributed by atoms with Gasteiger partial charge in [0.05, 0.1) is 11.8 Å². The first-order valence-electron chi connectivity index (χ1n) is 12.3. The summed E-state index contributed by atoms with van der Waals surface area (Å²) in [4.78, 5) is 29.4. The molecule has 31 heavy (non-hydrogen) atoms. The predicted octanol–water partition coefficient (Wildman–Crippen LogP) is 5.96. The summed E-state index contributed by atoms with van der Waals surface area (Å²) in [7, 11) is 0. The van der Waals surface area contributed by atoms with Crippen molar-refractivity contribution in [3.05, 3.63) is 15.8 Å². The van der Waals surface area contributed by atoms with Crippen LogP contribution in [-0.4, -0.2) is 34.2 Å². The molecule has 1 heterocycles. The smallest absolute Gasteiger partial charge is 0.348 e. The molecular weight excluding hydrogens is 410 g/mol. The molecule has 0 atom stereocenters. The molecule has 1 aromatic rings. The first-order chi connectivity index (χ1) is 14.9. The Balaban J connectivity index is 1.67. The van der Waals surface area contributed by atoms with Crippen LogP contribution in [0.2, 0.25) is 0 Å². The minimum absolute atomic E-state index is 0.0114. The molecule has 4 rings (SSSR count). The third kappa shape index (κ3) is 5.16. The van der Waals surface area contributed by atoms with Gasteiger partial charge in [0.15, 0.2) is 0 Å². The van der Waals surface area contributed by atoms with E-state index in [0.29, 0.717) is 35.2 Å². The average molecular weight is 448 g/mol. The van der Waals surface area contributed by atoms with Crippen LogP contribution in [0.1, 0.15) is 111 Å². The fourth-order valence-corrected chi connectivity index (χ4v) is 6.99. The van der Waals surface area contributed by atoms with E-state index in [4.69, 9.17) is 0 Å². The van der Waals surface area contributed by atoms with Crippen molar-refractivity contribution in [2.45, 2.75) is 108 Å². The molecule has 5 nitrogen and oxygen atoms in total. The molecule has 0 aromatic carbocycles. The van der Waals surface area contributed by atoms with E-state index in [-0.39, 0.29) is 24.0 Å². The number of aliphatic hydroxyl groups excluding tert-OH is 1. The van der Waals surface area contributed by atoms with Crippen molar-refractivity contribution >= 4 is 28.9 Å². The van der Waals surface area contributed by atoms with Gasteiger partial charge in [0.1, 0.15) is 4.88 Å².